The highest BCUT2D eigenvalue weighted by atomic mass is 35.5. The number of hydrogen-bond acceptors (Lipinski definition) is 5. The Morgan fingerprint density at radius 3 is 2.47 bits per heavy atom. The SMILES string of the molecule is COc1ccc(-c2n[nH]c(CNC(=O)COc3ccc(-c4ccccc4)cc3Cl)n2)cc1. The maximum Gasteiger partial charge on any atom is 0.258 e. The predicted octanol–water partition coefficient (Wildman–Crippen LogP) is 4.50. The Balaban J connectivity index is 1.29. The minimum atomic E-state index is -0.296. The van der Waals surface area contributed by atoms with Crippen molar-refractivity contribution in [2.75, 3.05) is 13.7 Å². The van der Waals surface area contributed by atoms with Crippen LogP contribution in [0.1, 0.15) is 5.82 Å². The monoisotopic (exact) mass is 448 g/mol. The van der Waals surface area contributed by atoms with Gasteiger partial charge in [-0.05, 0) is 47.5 Å². The highest BCUT2D eigenvalue weighted by molar-refractivity contribution is 6.32. The molecule has 1 aromatic heterocycles. The van der Waals surface area contributed by atoms with Gasteiger partial charge < -0.3 is 14.8 Å². The number of rotatable bonds is 8. The zero-order valence-electron chi connectivity index (χ0n) is 17.3. The maximum atomic E-state index is 12.2. The first-order valence-electron chi connectivity index (χ1n) is 9.92. The fraction of sp³-hybridized carbons (Fsp3) is 0.125. The number of aromatic amines is 1. The number of nitrogens with zero attached hydrogens (tertiary/aromatic N) is 2. The van der Waals surface area contributed by atoms with Gasteiger partial charge >= 0.3 is 0 Å². The summed E-state index contributed by atoms with van der Waals surface area (Å²) in [5.41, 5.74) is 2.88. The van der Waals surface area contributed by atoms with Crippen molar-refractivity contribution in [3.05, 3.63) is 83.6 Å². The molecule has 2 N–H and O–H groups in total. The highest BCUT2D eigenvalue weighted by Crippen LogP contribution is 2.30. The molecule has 0 radical (unpaired) electrons. The Kier molecular flexibility index (Phi) is 6.67. The quantitative estimate of drug-likeness (QED) is 0.414. The van der Waals surface area contributed by atoms with E-state index in [0.717, 1.165) is 22.4 Å². The van der Waals surface area contributed by atoms with Crippen molar-refractivity contribution < 1.29 is 14.3 Å². The van der Waals surface area contributed by atoms with Crippen molar-refractivity contribution in [1.29, 1.82) is 0 Å². The van der Waals surface area contributed by atoms with E-state index in [1.165, 1.54) is 0 Å². The second kappa shape index (κ2) is 9.98. The number of methoxy groups -OCH3 is 1. The van der Waals surface area contributed by atoms with Crippen molar-refractivity contribution in [3.8, 4) is 34.0 Å². The van der Waals surface area contributed by atoms with E-state index in [2.05, 4.69) is 20.5 Å². The summed E-state index contributed by atoms with van der Waals surface area (Å²) in [7, 11) is 1.61. The summed E-state index contributed by atoms with van der Waals surface area (Å²) in [6, 6.07) is 22.8. The lowest BCUT2D eigenvalue weighted by Crippen LogP contribution is -2.28. The standard InChI is InChI=1S/C24H21ClN4O3/c1-31-19-10-7-17(8-11-19)24-27-22(28-29-24)14-26-23(30)15-32-21-12-9-18(13-20(21)25)16-5-3-2-4-6-16/h2-13H,14-15H2,1H3,(H,26,30)(H,27,28,29). The maximum absolute atomic E-state index is 12.2. The summed E-state index contributed by atoms with van der Waals surface area (Å²) in [4.78, 5) is 16.6. The molecule has 1 heterocycles. The van der Waals surface area contributed by atoms with Gasteiger partial charge in [-0.25, -0.2) is 4.98 Å². The molecule has 3 aromatic carbocycles. The molecule has 0 spiro atoms. The van der Waals surface area contributed by atoms with Crippen molar-refractivity contribution in [2.45, 2.75) is 6.54 Å². The molecular weight excluding hydrogens is 428 g/mol. The van der Waals surface area contributed by atoms with E-state index >= 15 is 0 Å². The molecule has 0 aliphatic heterocycles. The second-order valence-corrected chi connectivity index (χ2v) is 7.32. The van der Waals surface area contributed by atoms with Crippen LogP contribution in [0.5, 0.6) is 11.5 Å². The Bertz CT molecular complexity index is 1190. The fourth-order valence-corrected chi connectivity index (χ4v) is 3.28. The minimum absolute atomic E-state index is 0.163. The van der Waals surface area contributed by atoms with Crippen molar-refractivity contribution >= 4 is 17.5 Å². The second-order valence-electron chi connectivity index (χ2n) is 6.91. The van der Waals surface area contributed by atoms with Crippen LogP contribution in [0.15, 0.2) is 72.8 Å². The van der Waals surface area contributed by atoms with Crippen LogP contribution in [-0.2, 0) is 11.3 Å². The molecule has 4 rings (SSSR count). The van der Waals surface area contributed by atoms with Gasteiger partial charge in [0.1, 0.15) is 17.3 Å². The first kappa shape index (κ1) is 21.4. The first-order chi connectivity index (χ1) is 15.6. The summed E-state index contributed by atoms with van der Waals surface area (Å²) in [5.74, 6) is 1.98. The number of aromatic nitrogens is 3. The molecule has 162 valence electrons. The number of amides is 1. The molecule has 0 saturated heterocycles. The van der Waals surface area contributed by atoms with Gasteiger partial charge in [-0.15, -0.1) is 0 Å². The molecule has 7 nitrogen and oxygen atoms in total. The average molecular weight is 449 g/mol. The largest absolute Gasteiger partial charge is 0.497 e. The molecule has 32 heavy (non-hydrogen) atoms. The van der Waals surface area contributed by atoms with Crippen LogP contribution in [0.4, 0.5) is 0 Å². The average Bonchev–Trinajstić information content (AvgIpc) is 3.31. The van der Waals surface area contributed by atoms with E-state index in [4.69, 9.17) is 21.1 Å². The van der Waals surface area contributed by atoms with Crippen molar-refractivity contribution in [1.82, 2.24) is 20.5 Å². The third-order valence-corrected chi connectivity index (χ3v) is 5.03. The third-order valence-electron chi connectivity index (χ3n) is 4.73. The Morgan fingerprint density at radius 1 is 1.00 bits per heavy atom. The van der Waals surface area contributed by atoms with Crippen LogP contribution in [0, 0.1) is 0 Å². The van der Waals surface area contributed by atoms with Crippen molar-refractivity contribution in [3.63, 3.8) is 0 Å². The number of carbonyl (C=O) groups is 1. The van der Waals surface area contributed by atoms with Crippen LogP contribution in [-0.4, -0.2) is 34.8 Å². The molecule has 0 bridgehead atoms. The number of nitrogens with one attached hydrogen (secondary N) is 2. The number of hydrogen-bond donors (Lipinski definition) is 2. The predicted molar refractivity (Wildman–Crippen MR) is 123 cm³/mol. The number of H-pyrrole nitrogens is 1. The number of benzene rings is 3. The zero-order valence-corrected chi connectivity index (χ0v) is 18.1. The first-order valence-corrected chi connectivity index (χ1v) is 10.3. The summed E-state index contributed by atoms with van der Waals surface area (Å²) >= 11 is 6.33. The molecular formula is C24H21ClN4O3. The Labute approximate surface area is 190 Å². The van der Waals surface area contributed by atoms with Crippen molar-refractivity contribution in [2.24, 2.45) is 0 Å². The number of carbonyl (C=O) groups excluding carboxylic acids is 1. The van der Waals surface area contributed by atoms with E-state index in [1.54, 1.807) is 13.2 Å². The van der Waals surface area contributed by atoms with Gasteiger partial charge in [0.25, 0.3) is 5.91 Å². The highest BCUT2D eigenvalue weighted by Gasteiger charge is 2.10. The topological polar surface area (TPSA) is 89.1 Å². The van der Waals surface area contributed by atoms with Crippen LogP contribution >= 0.6 is 11.6 Å². The molecule has 0 atom stereocenters. The van der Waals surface area contributed by atoms with E-state index in [0.29, 0.717) is 22.4 Å². The molecule has 0 saturated carbocycles. The summed E-state index contributed by atoms with van der Waals surface area (Å²) in [6.45, 7) is 0.0376. The van der Waals surface area contributed by atoms with Gasteiger partial charge in [0, 0.05) is 5.56 Å². The zero-order chi connectivity index (χ0) is 22.3. The van der Waals surface area contributed by atoms with E-state index in [1.807, 2.05) is 66.7 Å². The van der Waals surface area contributed by atoms with E-state index in [9.17, 15) is 4.79 Å². The molecule has 0 unspecified atom stereocenters. The molecule has 1 amide bonds. The summed E-state index contributed by atoms with van der Waals surface area (Å²) in [6.07, 6.45) is 0. The van der Waals surface area contributed by atoms with Gasteiger partial charge in [0.2, 0.25) is 0 Å². The molecule has 0 fully saturated rings. The molecule has 0 aliphatic rings. The molecule has 8 heteroatoms. The van der Waals surface area contributed by atoms with Gasteiger partial charge in [-0.1, -0.05) is 48.0 Å². The lowest BCUT2D eigenvalue weighted by molar-refractivity contribution is -0.123. The fourth-order valence-electron chi connectivity index (χ4n) is 3.05. The molecule has 0 aliphatic carbocycles. The van der Waals surface area contributed by atoms with E-state index in [-0.39, 0.29) is 19.1 Å². The lowest BCUT2D eigenvalue weighted by Gasteiger charge is -2.10. The van der Waals surface area contributed by atoms with Gasteiger partial charge in [0.05, 0.1) is 18.7 Å². The summed E-state index contributed by atoms with van der Waals surface area (Å²) in [5, 5.41) is 10.2. The number of halogens is 1. The van der Waals surface area contributed by atoms with Gasteiger partial charge in [-0.3, -0.25) is 9.89 Å². The Hall–Kier alpha value is -3.84. The van der Waals surface area contributed by atoms with Crippen LogP contribution < -0.4 is 14.8 Å². The smallest absolute Gasteiger partial charge is 0.258 e. The minimum Gasteiger partial charge on any atom is -0.497 e. The van der Waals surface area contributed by atoms with Crippen LogP contribution in [0.25, 0.3) is 22.5 Å². The van der Waals surface area contributed by atoms with Gasteiger partial charge in [0.15, 0.2) is 12.4 Å². The third kappa shape index (κ3) is 5.25. The number of ether oxygens (including phenoxy) is 2. The normalized spacial score (nSPS) is 10.6. The Morgan fingerprint density at radius 2 is 1.75 bits per heavy atom. The van der Waals surface area contributed by atoms with E-state index < -0.39 is 0 Å². The molecule has 4 aromatic rings. The summed E-state index contributed by atoms with van der Waals surface area (Å²) < 4.78 is 10.7. The van der Waals surface area contributed by atoms with Gasteiger partial charge in [-0.2, -0.15) is 5.10 Å². The lowest BCUT2D eigenvalue weighted by atomic mass is 10.1. The van der Waals surface area contributed by atoms with Crippen LogP contribution in [0.3, 0.4) is 0 Å². The van der Waals surface area contributed by atoms with Crippen LogP contribution in [0.2, 0.25) is 5.02 Å².